The van der Waals surface area contributed by atoms with Crippen molar-refractivity contribution in [2.45, 2.75) is 77.0 Å². The first kappa shape index (κ1) is 15.4. The van der Waals surface area contributed by atoms with Gasteiger partial charge in [-0.3, -0.25) is 4.79 Å². The summed E-state index contributed by atoms with van der Waals surface area (Å²) in [6.07, 6.45) is 6.49. The lowest BCUT2D eigenvalue weighted by Gasteiger charge is -2.26. The van der Waals surface area contributed by atoms with E-state index in [1.54, 1.807) is 0 Å². The standard InChI is InChI=1S/C14H28N2O2/c1-4-14(2,3)16-13(17)10-18-12-9-7-5-6-8-11(12)15/h11-12H,4-10,15H2,1-3H3,(H,16,17). The number of amides is 1. The van der Waals surface area contributed by atoms with Crippen LogP contribution in [0.1, 0.15) is 59.3 Å². The first-order valence-corrected chi connectivity index (χ1v) is 7.13. The minimum atomic E-state index is -0.161. The largest absolute Gasteiger partial charge is 0.367 e. The summed E-state index contributed by atoms with van der Waals surface area (Å²) in [6, 6.07) is 0.0829. The van der Waals surface area contributed by atoms with Crippen molar-refractivity contribution in [3.05, 3.63) is 0 Å². The zero-order chi connectivity index (χ0) is 13.6. The molecule has 18 heavy (non-hydrogen) atoms. The lowest BCUT2D eigenvalue weighted by Crippen LogP contribution is -2.46. The molecule has 1 rings (SSSR count). The number of nitrogens with two attached hydrogens (primary N) is 1. The van der Waals surface area contributed by atoms with Gasteiger partial charge in [0.25, 0.3) is 0 Å². The second-order valence-electron chi connectivity index (χ2n) is 5.94. The fourth-order valence-corrected chi connectivity index (χ4v) is 2.19. The molecule has 0 aromatic carbocycles. The van der Waals surface area contributed by atoms with E-state index in [-0.39, 0.29) is 30.2 Å². The Bertz CT molecular complexity index is 267. The third-order valence-corrected chi connectivity index (χ3v) is 3.79. The topological polar surface area (TPSA) is 64.3 Å². The molecule has 1 fully saturated rings. The zero-order valence-electron chi connectivity index (χ0n) is 12.0. The molecule has 0 bridgehead atoms. The maximum absolute atomic E-state index is 11.8. The van der Waals surface area contributed by atoms with Crippen molar-refractivity contribution in [2.75, 3.05) is 6.61 Å². The molecular formula is C14H28N2O2. The summed E-state index contributed by atoms with van der Waals surface area (Å²) in [7, 11) is 0. The Labute approximate surface area is 111 Å². The van der Waals surface area contributed by atoms with Gasteiger partial charge >= 0.3 is 0 Å². The van der Waals surface area contributed by atoms with Crippen LogP contribution >= 0.6 is 0 Å². The van der Waals surface area contributed by atoms with Crippen molar-refractivity contribution in [3.63, 3.8) is 0 Å². The summed E-state index contributed by atoms with van der Waals surface area (Å²) >= 11 is 0. The van der Waals surface area contributed by atoms with E-state index in [4.69, 9.17) is 10.5 Å². The van der Waals surface area contributed by atoms with Gasteiger partial charge in [0, 0.05) is 11.6 Å². The fraction of sp³-hybridized carbons (Fsp3) is 0.929. The maximum atomic E-state index is 11.8. The number of hydrogen-bond acceptors (Lipinski definition) is 3. The highest BCUT2D eigenvalue weighted by Gasteiger charge is 2.23. The van der Waals surface area contributed by atoms with Gasteiger partial charge in [0.2, 0.25) is 5.91 Å². The van der Waals surface area contributed by atoms with Crippen LogP contribution in [0.2, 0.25) is 0 Å². The van der Waals surface area contributed by atoms with Crippen molar-refractivity contribution >= 4 is 5.91 Å². The van der Waals surface area contributed by atoms with Gasteiger partial charge in [0.1, 0.15) is 6.61 Å². The molecule has 1 saturated carbocycles. The Kier molecular flexibility index (Phi) is 6.09. The molecule has 4 nitrogen and oxygen atoms in total. The molecular weight excluding hydrogens is 228 g/mol. The Morgan fingerprint density at radius 3 is 2.67 bits per heavy atom. The molecule has 0 aliphatic heterocycles. The lowest BCUT2D eigenvalue weighted by atomic mass is 10.0. The Morgan fingerprint density at radius 1 is 1.33 bits per heavy atom. The number of rotatable bonds is 5. The van der Waals surface area contributed by atoms with Gasteiger partial charge in [0.05, 0.1) is 6.10 Å². The van der Waals surface area contributed by atoms with Crippen LogP contribution in [0, 0.1) is 0 Å². The molecule has 0 saturated heterocycles. The molecule has 4 heteroatoms. The van der Waals surface area contributed by atoms with Crippen LogP contribution in [-0.4, -0.2) is 30.2 Å². The normalized spacial score (nSPS) is 25.6. The molecule has 2 unspecified atom stereocenters. The number of nitrogens with one attached hydrogen (secondary N) is 1. The summed E-state index contributed by atoms with van der Waals surface area (Å²) in [5, 5.41) is 2.97. The van der Waals surface area contributed by atoms with Crippen molar-refractivity contribution in [1.82, 2.24) is 5.32 Å². The minimum Gasteiger partial charge on any atom is -0.367 e. The van der Waals surface area contributed by atoms with Gasteiger partial charge < -0.3 is 15.8 Å². The second kappa shape index (κ2) is 7.10. The molecule has 0 aromatic heterocycles. The first-order valence-electron chi connectivity index (χ1n) is 7.13. The molecule has 2 atom stereocenters. The Balaban J connectivity index is 2.32. The molecule has 0 aromatic rings. The average Bonchev–Trinajstić information content (AvgIpc) is 2.51. The Hall–Kier alpha value is -0.610. The van der Waals surface area contributed by atoms with Gasteiger partial charge in [0.15, 0.2) is 0 Å². The fourth-order valence-electron chi connectivity index (χ4n) is 2.19. The Morgan fingerprint density at radius 2 is 2.00 bits per heavy atom. The zero-order valence-corrected chi connectivity index (χ0v) is 12.0. The van der Waals surface area contributed by atoms with E-state index >= 15 is 0 Å². The van der Waals surface area contributed by atoms with Crippen LogP contribution in [0.3, 0.4) is 0 Å². The monoisotopic (exact) mass is 256 g/mol. The molecule has 0 heterocycles. The number of carbonyl (C=O) groups excluding carboxylic acids is 1. The van der Waals surface area contributed by atoms with E-state index in [0.717, 1.165) is 25.7 Å². The average molecular weight is 256 g/mol. The van der Waals surface area contributed by atoms with Gasteiger partial charge in [-0.05, 0) is 33.1 Å². The number of ether oxygens (including phenoxy) is 1. The van der Waals surface area contributed by atoms with Crippen molar-refractivity contribution < 1.29 is 9.53 Å². The van der Waals surface area contributed by atoms with E-state index in [9.17, 15) is 4.79 Å². The van der Waals surface area contributed by atoms with Crippen LogP contribution in [0.5, 0.6) is 0 Å². The van der Waals surface area contributed by atoms with Crippen LogP contribution in [0.25, 0.3) is 0 Å². The highest BCUT2D eigenvalue weighted by Crippen LogP contribution is 2.19. The van der Waals surface area contributed by atoms with Gasteiger partial charge in [-0.1, -0.05) is 26.2 Å². The van der Waals surface area contributed by atoms with Gasteiger partial charge in [-0.15, -0.1) is 0 Å². The predicted octanol–water partition coefficient (Wildman–Crippen LogP) is 1.97. The summed E-state index contributed by atoms with van der Waals surface area (Å²) in [5.41, 5.74) is 5.90. The molecule has 1 aliphatic carbocycles. The number of hydrogen-bond donors (Lipinski definition) is 2. The molecule has 1 aliphatic rings. The highest BCUT2D eigenvalue weighted by molar-refractivity contribution is 5.77. The molecule has 0 radical (unpaired) electrons. The summed E-state index contributed by atoms with van der Waals surface area (Å²) in [5.74, 6) is -0.0432. The molecule has 1 amide bonds. The van der Waals surface area contributed by atoms with Crippen LogP contribution in [0.15, 0.2) is 0 Å². The van der Waals surface area contributed by atoms with E-state index < -0.39 is 0 Å². The van der Waals surface area contributed by atoms with E-state index in [1.807, 2.05) is 13.8 Å². The quantitative estimate of drug-likeness (QED) is 0.739. The van der Waals surface area contributed by atoms with Gasteiger partial charge in [-0.25, -0.2) is 0 Å². The maximum Gasteiger partial charge on any atom is 0.246 e. The molecule has 106 valence electrons. The summed E-state index contributed by atoms with van der Waals surface area (Å²) < 4.78 is 5.69. The molecule has 0 spiro atoms. The third-order valence-electron chi connectivity index (χ3n) is 3.79. The van der Waals surface area contributed by atoms with Crippen LogP contribution in [-0.2, 0) is 9.53 Å². The lowest BCUT2D eigenvalue weighted by molar-refractivity contribution is -0.129. The third kappa shape index (κ3) is 5.36. The van der Waals surface area contributed by atoms with E-state index in [2.05, 4.69) is 12.2 Å². The smallest absolute Gasteiger partial charge is 0.246 e. The van der Waals surface area contributed by atoms with Crippen molar-refractivity contribution in [2.24, 2.45) is 5.73 Å². The number of carbonyl (C=O) groups is 1. The predicted molar refractivity (Wildman–Crippen MR) is 73.3 cm³/mol. The van der Waals surface area contributed by atoms with Gasteiger partial charge in [-0.2, -0.15) is 0 Å². The van der Waals surface area contributed by atoms with Crippen LogP contribution in [0.4, 0.5) is 0 Å². The highest BCUT2D eigenvalue weighted by atomic mass is 16.5. The summed E-state index contributed by atoms with van der Waals surface area (Å²) in [6.45, 7) is 6.22. The first-order chi connectivity index (χ1) is 8.44. The second-order valence-corrected chi connectivity index (χ2v) is 5.94. The SMILES string of the molecule is CCC(C)(C)NC(=O)COC1CCCCCC1N. The van der Waals surface area contributed by atoms with E-state index in [1.165, 1.54) is 12.8 Å². The van der Waals surface area contributed by atoms with Crippen molar-refractivity contribution in [1.29, 1.82) is 0 Å². The molecule has 3 N–H and O–H groups in total. The summed E-state index contributed by atoms with van der Waals surface area (Å²) in [4.78, 5) is 11.8. The minimum absolute atomic E-state index is 0.0432. The van der Waals surface area contributed by atoms with Crippen LogP contribution < -0.4 is 11.1 Å². The van der Waals surface area contributed by atoms with Crippen molar-refractivity contribution in [3.8, 4) is 0 Å². The van der Waals surface area contributed by atoms with E-state index in [0.29, 0.717) is 0 Å².